The molecule has 14 heavy (non-hydrogen) atoms. The van der Waals surface area contributed by atoms with E-state index in [1.165, 1.54) is 22.7 Å². The summed E-state index contributed by atoms with van der Waals surface area (Å²) in [5.41, 5.74) is 1.41. The first kappa shape index (κ1) is 16.0. The molecule has 0 spiro atoms. The molecule has 1 aliphatic rings. The van der Waals surface area contributed by atoms with Gasteiger partial charge in [-0.25, -0.2) is 0 Å². The Kier molecular flexibility index (Phi) is 14.4. The topological polar surface area (TPSA) is 0 Å². The average Bonchev–Trinajstić information content (AvgIpc) is 2.72. The molecule has 0 unspecified atom stereocenters. The van der Waals surface area contributed by atoms with Gasteiger partial charge < -0.3 is 0 Å². The molecule has 0 aromatic carbocycles. The van der Waals surface area contributed by atoms with E-state index in [0.717, 1.165) is 0 Å². The minimum absolute atomic E-state index is 1.19. The van der Waals surface area contributed by atoms with Crippen molar-refractivity contribution in [1.29, 1.82) is 0 Å². The molecule has 0 aliphatic carbocycles. The molecule has 82 valence electrons. The molecule has 0 atom stereocenters. The molecule has 1 rings (SSSR count). The summed E-state index contributed by atoms with van der Waals surface area (Å²) in [4.78, 5) is 1.40. The highest BCUT2D eigenvalue weighted by atomic mass is 32.2. The van der Waals surface area contributed by atoms with Gasteiger partial charge in [0.05, 0.1) is 0 Å². The molecule has 0 amide bonds. The third kappa shape index (κ3) is 6.09. The van der Waals surface area contributed by atoms with E-state index >= 15 is 0 Å². The lowest BCUT2D eigenvalue weighted by Gasteiger charge is -1.92. The van der Waals surface area contributed by atoms with Crippen LogP contribution in [0.3, 0.4) is 0 Å². The van der Waals surface area contributed by atoms with E-state index in [0.29, 0.717) is 0 Å². The van der Waals surface area contributed by atoms with Crippen LogP contribution in [0, 0.1) is 0 Å². The second-order valence-corrected chi connectivity index (χ2v) is 3.33. The summed E-state index contributed by atoms with van der Waals surface area (Å²) in [6.07, 6.45) is 7.40. The Morgan fingerprint density at radius 3 is 2.21 bits per heavy atom. The van der Waals surface area contributed by atoms with Crippen molar-refractivity contribution in [3.63, 3.8) is 0 Å². The molecule has 0 radical (unpaired) electrons. The molecule has 0 bridgehead atoms. The molecule has 0 saturated heterocycles. The summed E-state index contributed by atoms with van der Waals surface area (Å²) >= 11 is 1.92. The normalized spacial score (nSPS) is 14.4. The first-order chi connectivity index (χ1) is 6.88. The van der Waals surface area contributed by atoms with Gasteiger partial charge in [-0.3, -0.25) is 0 Å². The minimum atomic E-state index is 1.19. The van der Waals surface area contributed by atoms with Crippen LogP contribution in [0.15, 0.2) is 35.3 Å². The van der Waals surface area contributed by atoms with Crippen LogP contribution in [0.5, 0.6) is 0 Å². The van der Waals surface area contributed by atoms with Crippen LogP contribution in [-0.4, -0.2) is 5.75 Å². The fourth-order valence-electron chi connectivity index (χ4n) is 0.996. The summed E-state index contributed by atoms with van der Waals surface area (Å²) in [7, 11) is 0. The van der Waals surface area contributed by atoms with Gasteiger partial charge in [0, 0.05) is 10.7 Å². The summed E-state index contributed by atoms with van der Waals surface area (Å²) in [6.45, 7) is 13.8. The Hall–Kier alpha value is -0.430. The molecule has 1 heteroatoms. The smallest absolute Gasteiger partial charge is 0.0101 e. The van der Waals surface area contributed by atoms with E-state index in [4.69, 9.17) is 0 Å². The zero-order chi connectivity index (χ0) is 11.4. The lowest BCUT2D eigenvalue weighted by atomic mass is 10.2. The summed E-state index contributed by atoms with van der Waals surface area (Å²) in [5.74, 6) is 1.22. The maximum atomic E-state index is 3.77. The summed E-state index contributed by atoms with van der Waals surface area (Å²) in [5, 5.41) is 0. The van der Waals surface area contributed by atoms with Crippen molar-refractivity contribution in [2.24, 2.45) is 0 Å². The summed E-state index contributed by atoms with van der Waals surface area (Å²) in [6, 6.07) is 0. The van der Waals surface area contributed by atoms with Gasteiger partial charge in [-0.2, -0.15) is 0 Å². The first-order valence-electron chi connectivity index (χ1n) is 5.49. The van der Waals surface area contributed by atoms with Crippen molar-refractivity contribution in [2.45, 2.75) is 41.0 Å². The predicted molar refractivity (Wildman–Crippen MR) is 71.8 cm³/mol. The van der Waals surface area contributed by atoms with E-state index in [2.05, 4.69) is 18.7 Å². The Labute approximate surface area is 94.2 Å². The Morgan fingerprint density at radius 2 is 1.79 bits per heavy atom. The van der Waals surface area contributed by atoms with Gasteiger partial charge in [-0.15, -0.1) is 11.8 Å². The zero-order valence-electron chi connectivity index (χ0n) is 10.3. The van der Waals surface area contributed by atoms with Crippen molar-refractivity contribution in [3.8, 4) is 0 Å². The molecule has 0 fully saturated rings. The van der Waals surface area contributed by atoms with Gasteiger partial charge in [0.1, 0.15) is 0 Å². The largest absolute Gasteiger partial charge is 0.126 e. The van der Waals surface area contributed by atoms with Crippen LogP contribution in [0.2, 0.25) is 0 Å². The van der Waals surface area contributed by atoms with Gasteiger partial charge in [0.2, 0.25) is 0 Å². The monoisotopic (exact) mass is 212 g/mol. The molecule has 0 aromatic heterocycles. The Bertz CT molecular complexity index is 187. The first-order valence-corrected chi connectivity index (χ1v) is 6.48. The number of hydrogen-bond acceptors (Lipinski definition) is 1. The van der Waals surface area contributed by atoms with Crippen molar-refractivity contribution < 1.29 is 0 Å². The van der Waals surface area contributed by atoms with Crippen molar-refractivity contribution in [1.82, 2.24) is 0 Å². The van der Waals surface area contributed by atoms with E-state index in [-0.39, 0.29) is 0 Å². The quantitative estimate of drug-likeness (QED) is 0.607. The number of allylic oxidation sites excluding steroid dienone is 4. The van der Waals surface area contributed by atoms with Gasteiger partial charge in [-0.1, -0.05) is 52.5 Å². The van der Waals surface area contributed by atoms with Crippen molar-refractivity contribution in [2.75, 3.05) is 5.75 Å². The van der Waals surface area contributed by atoms with E-state index < -0.39 is 0 Å². The van der Waals surface area contributed by atoms with Crippen LogP contribution in [0.1, 0.15) is 41.0 Å². The van der Waals surface area contributed by atoms with E-state index in [1.807, 2.05) is 52.5 Å². The van der Waals surface area contributed by atoms with Gasteiger partial charge in [0.25, 0.3) is 0 Å². The highest BCUT2D eigenvalue weighted by Crippen LogP contribution is 2.32. The lowest BCUT2D eigenvalue weighted by Crippen LogP contribution is -1.72. The molecule has 0 nitrogen and oxygen atoms in total. The predicted octanol–water partition coefficient (Wildman–Crippen LogP) is 5.19. The lowest BCUT2D eigenvalue weighted by molar-refractivity contribution is 1.19. The molecular weight excluding hydrogens is 188 g/mol. The SMILES string of the molecule is C=CC1=C(/C=C\C)SCC1.CC.CC. The zero-order valence-corrected chi connectivity index (χ0v) is 11.1. The number of rotatable bonds is 2. The van der Waals surface area contributed by atoms with Gasteiger partial charge >= 0.3 is 0 Å². The maximum Gasteiger partial charge on any atom is 0.0101 e. The van der Waals surface area contributed by atoms with E-state index in [1.54, 1.807) is 0 Å². The molecule has 1 heterocycles. The highest BCUT2D eigenvalue weighted by molar-refractivity contribution is 8.03. The van der Waals surface area contributed by atoms with Gasteiger partial charge in [-0.05, 0) is 18.9 Å². The van der Waals surface area contributed by atoms with Gasteiger partial charge in [0.15, 0.2) is 0 Å². The molecule has 0 N–H and O–H groups in total. The third-order valence-corrected chi connectivity index (χ3v) is 2.63. The van der Waals surface area contributed by atoms with E-state index in [9.17, 15) is 0 Å². The Balaban J connectivity index is 0. The molecule has 0 saturated carbocycles. The van der Waals surface area contributed by atoms with Crippen molar-refractivity contribution >= 4 is 11.8 Å². The number of thioether (sulfide) groups is 1. The molecule has 0 aromatic rings. The molecular formula is C13H24S. The summed E-state index contributed by atoms with van der Waals surface area (Å²) < 4.78 is 0. The maximum absolute atomic E-state index is 3.77. The fraction of sp³-hybridized carbons (Fsp3) is 0.538. The van der Waals surface area contributed by atoms with Crippen molar-refractivity contribution in [3.05, 3.63) is 35.3 Å². The average molecular weight is 212 g/mol. The molecule has 1 aliphatic heterocycles. The minimum Gasteiger partial charge on any atom is -0.126 e. The Morgan fingerprint density at radius 1 is 1.21 bits per heavy atom. The van der Waals surface area contributed by atoms with Crippen LogP contribution in [0.4, 0.5) is 0 Å². The highest BCUT2D eigenvalue weighted by Gasteiger charge is 2.08. The standard InChI is InChI=1S/C9H12S.2C2H6/c1-3-5-9-8(4-2)6-7-10-9;2*1-2/h3-5H,2,6-7H2,1H3;2*1-2H3/b5-3-;;. The second-order valence-electron chi connectivity index (χ2n) is 2.19. The van der Waals surface area contributed by atoms with Crippen LogP contribution in [-0.2, 0) is 0 Å². The second kappa shape index (κ2) is 12.6. The fourth-order valence-corrected chi connectivity index (χ4v) is 2.14. The van der Waals surface area contributed by atoms with Crippen LogP contribution >= 0.6 is 11.8 Å². The third-order valence-electron chi connectivity index (χ3n) is 1.51. The number of hydrogen-bond donors (Lipinski definition) is 0. The van der Waals surface area contributed by atoms with Crippen LogP contribution in [0.25, 0.3) is 0 Å². The van der Waals surface area contributed by atoms with Crippen LogP contribution < -0.4 is 0 Å².